The molecular formula is C48H76N2O14. The van der Waals surface area contributed by atoms with E-state index in [2.05, 4.69) is 5.16 Å². The van der Waals surface area contributed by atoms with Crippen molar-refractivity contribution in [1.29, 1.82) is 0 Å². The van der Waals surface area contributed by atoms with Crippen molar-refractivity contribution in [2.45, 2.75) is 179 Å². The monoisotopic (exact) mass is 905 g/mol. The molecule has 2 bridgehead atoms. The van der Waals surface area contributed by atoms with E-state index in [1.807, 2.05) is 79.6 Å². The molecule has 18 atom stereocenters. The Hall–Kier alpha value is -3.03. The number of benzene rings is 1. The third-order valence-electron chi connectivity index (χ3n) is 14.2. The zero-order chi connectivity index (χ0) is 47.3. The van der Waals surface area contributed by atoms with Gasteiger partial charge in [-0.25, -0.2) is 4.79 Å². The Labute approximate surface area is 379 Å². The molecule has 1 aromatic rings. The Morgan fingerprint density at radius 2 is 1.61 bits per heavy atom. The van der Waals surface area contributed by atoms with E-state index in [0.717, 1.165) is 0 Å². The summed E-state index contributed by atoms with van der Waals surface area (Å²) >= 11 is 0. The lowest BCUT2D eigenvalue weighted by molar-refractivity contribution is -0.319. The average molecular weight is 905 g/mol. The van der Waals surface area contributed by atoms with Crippen LogP contribution in [0.25, 0.3) is 0 Å². The van der Waals surface area contributed by atoms with E-state index in [-0.39, 0.29) is 44.6 Å². The number of oxime groups is 1. The van der Waals surface area contributed by atoms with Gasteiger partial charge in [-0.05, 0) is 87.0 Å². The number of hydrogen-bond donors (Lipinski definition) is 3. The van der Waals surface area contributed by atoms with Crippen molar-refractivity contribution < 1.29 is 67.6 Å². The average Bonchev–Trinajstić information content (AvgIpc) is 3.24. The number of carbonyl (C=O) groups is 2. The second-order valence-corrected chi connectivity index (χ2v) is 19.4. The van der Waals surface area contributed by atoms with Crippen molar-refractivity contribution in [1.82, 2.24) is 4.90 Å². The van der Waals surface area contributed by atoms with Crippen molar-refractivity contribution in [3.05, 3.63) is 48.0 Å². The number of ether oxygens (including phenoxy) is 9. The van der Waals surface area contributed by atoms with Crippen LogP contribution in [0.1, 0.15) is 105 Å². The van der Waals surface area contributed by atoms with Crippen LogP contribution in [-0.4, -0.2) is 157 Å². The van der Waals surface area contributed by atoms with Gasteiger partial charge in [-0.2, -0.15) is 0 Å². The minimum Gasteiger partial charge on any atom is -0.459 e. The Morgan fingerprint density at radius 3 is 2.23 bits per heavy atom. The van der Waals surface area contributed by atoms with Gasteiger partial charge >= 0.3 is 11.9 Å². The number of methoxy groups -OCH3 is 1. The van der Waals surface area contributed by atoms with E-state index in [1.165, 1.54) is 7.11 Å². The third kappa shape index (κ3) is 11.4. The number of aliphatic hydroxyl groups excluding tert-OH is 1. The van der Waals surface area contributed by atoms with Crippen LogP contribution < -0.4 is 0 Å². The molecule has 64 heavy (non-hydrogen) atoms. The molecule has 3 saturated heterocycles. The Bertz CT molecular complexity index is 1750. The van der Waals surface area contributed by atoms with Gasteiger partial charge in [0.1, 0.15) is 23.4 Å². The molecular weight excluding hydrogens is 829 g/mol. The maximum absolute atomic E-state index is 14.7. The summed E-state index contributed by atoms with van der Waals surface area (Å²) in [4.78, 5) is 30.0. The molecule has 0 radical (unpaired) electrons. The molecule has 16 nitrogen and oxygen atoms in total. The number of hydrogen-bond acceptors (Lipinski definition) is 16. The van der Waals surface area contributed by atoms with Crippen molar-refractivity contribution in [2.24, 2.45) is 28.8 Å². The number of cyclic esters (lactones) is 1. The van der Waals surface area contributed by atoms with Crippen molar-refractivity contribution >= 4 is 17.7 Å². The summed E-state index contributed by atoms with van der Waals surface area (Å²) in [6, 6.07) is 8.38. The summed E-state index contributed by atoms with van der Waals surface area (Å²) in [7, 11) is 5.34. The summed E-state index contributed by atoms with van der Waals surface area (Å²) < 4.78 is 58.7. The fourth-order valence-electron chi connectivity index (χ4n) is 10.5. The highest BCUT2D eigenvalue weighted by Gasteiger charge is 2.55. The standard InChI is InChI=1S/C48H76N2O14/c1-14-35-48(10,54)41-29(4)37(49-55)27(2)25-47(9,58-23-19-18-22-57-41)40(64-45-38(51)34(50(11)12)24-28(3)59-45)30(5)39(31(6)43(52)61-35)62-36-26-46(8,56-13)42(32(7)60-36)63-44(53)33-20-16-15-17-21-33/h15-21,27-32,34-36,38-42,45,51,54-55H,14,22-26H2,1-13H3/b19-18-,49-37+/t27-,28-,29+,30-,31-,32+,34+,35-,36+,38-,39+,40-,41-,42+,45+,46-,47+,48-/m1/s1. The van der Waals surface area contributed by atoms with E-state index in [0.29, 0.717) is 17.7 Å². The van der Waals surface area contributed by atoms with Crippen molar-refractivity contribution in [3.63, 3.8) is 0 Å². The minimum atomic E-state index is -1.75. The van der Waals surface area contributed by atoms with E-state index < -0.39 is 108 Å². The Morgan fingerprint density at radius 1 is 0.938 bits per heavy atom. The molecule has 0 amide bonds. The Kier molecular flexibility index (Phi) is 17.6. The van der Waals surface area contributed by atoms with Crippen LogP contribution >= 0.6 is 0 Å². The van der Waals surface area contributed by atoms with Gasteiger partial charge in [-0.3, -0.25) is 4.79 Å². The molecule has 0 saturated carbocycles. The Balaban J connectivity index is 1.64. The van der Waals surface area contributed by atoms with E-state index in [9.17, 15) is 25.0 Å². The molecule has 1 aromatic carbocycles. The number of nitrogens with zero attached hydrogens (tertiary/aromatic N) is 2. The van der Waals surface area contributed by atoms with Crippen LogP contribution in [-0.2, 0) is 47.4 Å². The van der Waals surface area contributed by atoms with Gasteiger partial charge in [0.15, 0.2) is 18.7 Å². The highest BCUT2D eigenvalue weighted by molar-refractivity contribution is 5.89. The summed E-state index contributed by atoms with van der Waals surface area (Å²) in [6.45, 7) is 18.4. The molecule has 0 unspecified atom stereocenters. The largest absolute Gasteiger partial charge is 0.459 e. The highest BCUT2D eigenvalue weighted by Crippen LogP contribution is 2.43. The second kappa shape index (κ2) is 21.7. The van der Waals surface area contributed by atoms with Gasteiger partial charge in [0.2, 0.25) is 0 Å². The molecule has 4 aliphatic heterocycles. The van der Waals surface area contributed by atoms with Crippen molar-refractivity contribution in [2.75, 3.05) is 34.4 Å². The third-order valence-corrected chi connectivity index (χ3v) is 14.2. The number of likely N-dealkylation sites (N-methyl/N-ethyl adjacent to an activating group) is 1. The van der Waals surface area contributed by atoms with Gasteiger partial charge in [0.25, 0.3) is 0 Å². The normalized spacial score (nSPS) is 44.2. The molecule has 0 spiro atoms. The second-order valence-electron chi connectivity index (χ2n) is 19.4. The molecule has 0 aromatic heterocycles. The predicted molar refractivity (Wildman–Crippen MR) is 237 cm³/mol. The number of esters is 2. The molecule has 3 N–H and O–H groups in total. The number of aliphatic hydroxyl groups is 2. The topological polar surface area (TPSA) is 193 Å². The zero-order valence-electron chi connectivity index (χ0n) is 40.2. The van der Waals surface area contributed by atoms with Gasteiger partial charge < -0.3 is 63.0 Å². The molecule has 0 aliphatic carbocycles. The molecule has 362 valence electrons. The first-order valence-electron chi connectivity index (χ1n) is 22.9. The zero-order valence-corrected chi connectivity index (χ0v) is 40.2. The van der Waals surface area contributed by atoms with Crippen LogP contribution in [0.5, 0.6) is 0 Å². The van der Waals surface area contributed by atoms with Gasteiger partial charge in [-0.15, -0.1) is 0 Å². The van der Waals surface area contributed by atoms with E-state index >= 15 is 0 Å². The first kappa shape index (κ1) is 51.9. The van der Waals surface area contributed by atoms with Crippen LogP contribution in [0.2, 0.25) is 0 Å². The van der Waals surface area contributed by atoms with Crippen LogP contribution in [0, 0.1) is 23.7 Å². The lowest BCUT2D eigenvalue weighted by Gasteiger charge is -2.50. The lowest BCUT2D eigenvalue weighted by atomic mass is 9.73. The lowest BCUT2D eigenvalue weighted by Crippen LogP contribution is -2.62. The summed E-state index contributed by atoms with van der Waals surface area (Å²) in [5.41, 5.74) is -3.37. The SMILES string of the molecule is CC[C@H]1OC(=O)[C@H](C)[C@@H](O[C@H]2C[C@@](C)(OC)[C@@H](OC(=O)c3ccccc3)[C@H](C)O2)[C@@H](C)[C@@H](O[C@@H]2O[C@H](C)C[C@H](N(C)C)[C@H]2O)[C@]2(C)C[C@@H](C)/C(=N\O)[C@H](C)[C@@H](OC/C=C\CO2)[C@]1(C)O. The van der Waals surface area contributed by atoms with Crippen molar-refractivity contribution in [3.8, 4) is 0 Å². The summed E-state index contributed by atoms with van der Waals surface area (Å²) in [5.74, 6) is -4.08. The molecule has 4 aliphatic rings. The molecule has 4 heterocycles. The van der Waals surface area contributed by atoms with E-state index in [4.69, 9.17) is 42.6 Å². The van der Waals surface area contributed by atoms with Crippen LogP contribution in [0.15, 0.2) is 47.6 Å². The fraction of sp³-hybridized carbons (Fsp3) is 0.771. The van der Waals surface area contributed by atoms with Gasteiger partial charge in [-0.1, -0.05) is 63.2 Å². The summed E-state index contributed by atoms with van der Waals surface area (Å²) in [6.07, 6.45) is -4.33. The molecule has 16 heteroatoms. The quantitative estimate of drug-likeness (QED) is 0.121. The summed E-state index contributed by atoms with van der Waals surface area (Å²) in [5, 5.41) is 38.9. The molecule has 5 rings (SSSR count). The maximum atomic E-state index is 14.7. The maximum Gasteiger partial charge on any atom is 0.338 e. The predicted octanol–water partition coefficient (Wildman–Crippen LogP) is 5.53. The van der Waals surface area contributed by atoms with Crippen LogP contribution in [0.4, 0.5) is 0 Å². The fourth-order valence-corrected chi connectivity index (χ4v) is 10.5. The smallest absolute Gasteiger partial charge is 0.338 e. The van der Waals surface area contributed by atoms with E-state index in [1.54, 1.807) is 51.1 Å². The minimum absolute atomic E-state index is 0.0871. The highest BCUT2D eigenvalue weighted by atomic mass is 16.7. The van der Waals surface area contributed by atoms with Gasteiger partial charge in [0.05, 0.1) is 66.5 Å². The first-order valence-corrected chi connectivity index (χ1v) is 22.9. The number of carbonyl (C=O) groups excluding carboxylic acids is 2. The number of fused-ring (bicyclic) bond motifs is 5. The number of rotatable bonds is 9. The first-order chi connectivity index (χ1) is 30.1. The van der Waals surface area contributed by atoms with Crippen LogP contribution in [0.3, 0.4) is 0 Å². The van der Waals surface area contributed by atoms with Gasteiger partial charge in [0, 0.05) is 37.3 Å². The molecule has 3 fully saturated rings.